The van der Waals surface area contributed by atoms with Gasteiger partial charge in [-0.3, -0.25) is 14.9 Å². The van der Waals surface area contributed by atoms with E-state index in [9.17, 15) is 9.59 Å². The number of alkyl halides is 1. The van der Waals surface area contributed by atoms with Crippen LogP contribution in [0.4, 0.5) is 0 Å². The van der Waals surface area contributed by atoms with Crippen LogP contribution in [0.15, 0.2) is 22.7 Å². The maximum Gasteiger partial charge on any atom is 0.245 e. The molecule has 1 fully saturated rings. The molecule has 2 atom stereocenters. The minimum atomic E-state index is -0.811. The van der Waals surface area contributed by atoms with Crippen molar-refractivity contribution in [2.24, 2.45) is 0 Å². The number of carbonyl (C=O) groups excluding carboxylic acids is 2. The predicted octanol–water partition coefficient (Wildman–Crippen LogP) is 2.36. The van der Waals surface area contributed by atoms with Crippen LogP contribution in [0.5, 0.6) is 0 Å². The number of nitrogens with one attached hydrogen (secondary N) is 1. The van der Waals surface area contributed by atoms with Crippen LogP contribution in [0.2, 0.25) is 0 Å². The Morgan fingerprint density at radius 1 is 1.35 bits per heavy atom. The summed E-state index contributed by atoms with van der Waals surface area (Å²) in [5.74, 6) is -1.30. The summed E-state index contributed by atoms with van der Waals surface area (Å²) in [6.45, 7) is 2.00. The lowest BCUT2D eigenvalue weighted by Gasteiger charge is -2.14. The molecule has 3 nitrogen and oxygen atoms in total. The molecule has 0 saturated carbocycles. The van der Waals surface area contributed by atoms with Crippen LogP contribution in [-0.4, -0.2) is 17.2 Å². The Morgan fingerprint density at radius 3 is 2.59 bits per heavy atom. The predicted molar refractivity (Wildman–Crippen MR) is 69.1 cm³/mol. The highest BCUT2D eigenvalue weighted by Gasteiger charge is 2.42. The Morgan fingerprint density at radius 2 is 2.06 bits per heavy atom. The first-order chi connectivity index (χ1) is 8.04. The normalized spacial score (nSPS) is 23.9. The van der Waals surface area contributed by atoms with Gasteiger partial charge in [-0.1, -0.05) is 28.9 Å². The van der Waals surface area contributed by atoms with Gasteiger partial charge in [0.15, 0.2) is 0 Å². The van der Waals surface area contributed by atoms with Crippen LogP contribution in [-0.2, 0) is 16.0 Å². The van der Waals surface area contributed by atoms with E-state index in [1.807, 2.05) is 25.1 Å². The maximum atomic E-state index is 11.7. The van der Waals surface area contributed by atoms with Crippen LogP contribution in [0.1, 0.15) is 24.0 Å². The van der Waals surface area contributed by atoms with Gasteiger partial charge in [0.25, 0.3) is 0 Å². The molecular formula is C12H11BrClNO2. The number of halogens is 2. The van der Waals surface area contributed by atoms with Gasteiger partial charge >= 0.3 is 0 Å². The highest BCUT2D eigenvalue weighted by molar-refractivity contribution is 9.10. The number of imide groups is 1. The van der Waals surface area contributed by atoms with Gasteiger partial charge in [-0.2, -0.15) is 0 Å². The number of hydrogen-bond acceptors (Lipinski definition) is 2. The number of hydrogen-bond donors (Lipinski definition) is 1. The van der Waals surface area contributed by atoms with Crippen molar-refractivity contribution < 1.29 is 9.59 Å². The van der Waals surface area contributed by atoms with Crippen LogP contribution in [0.3, 0.4) is 0 Å². The van der Waals surface area contributed by atoms with E-state index < -0.39 is 17.2 Å². The highest BCUT2D eigenvalue weighted by atomic mass is 79.9. The zero-order valence-corrected chi connectivity index (χ0v) is 11.5. The third-order valence-corrected chi connectivity index (χ3v) is 3.84. The first-order valence-electron chi connectivity index (χ1n) is 5.31. The van der Waals surface area contributed by atoms with Gasteiger partial charge < -0.3 is 0 Å². The van der Waals surface area contributed by atoms with Crippen molar-refractivity contribution in [3.8, 4) is 0 Å². The molecule has 1 aromatic rings. The SMILES string of the molecule is CCc1cc(Br)ccc1C1C(=O)NC(=O)C1Cl. The van der Waals surface area contributed by atoms with Crippen molar-refractivity contribution in [3.05, 3.63) is 33.8 Å². The van der Waals surface area contributed by atoms with Gasteiger partial charge in [0, 0.05) is 4.47 Å². The molecule has 1 aliphatic heterocycles. The molecule has 0 radical (unpaired) electrons. The van der Waals surface area contributed by atoms with E-state index in [0.29, 0.717) is 0 Å². The molecule has 2 unspecified atom stereocenters. The Kier molecular flexibility index (Phi) is 3.54. The van der Waals surface area contributed by atoms with E-state index >= 15 is 0 Å². The summed E-state index contributed by atoms with van der Waals surface area (Å²) in [7, 11) is 0. The van der Waals surface area contributed by atoms with Crippen LogP contribution < -0.4 is 5.32 Å². The average Bonchev–Trinajstić information content (AvgIpc) is 2.54. The number of amides is 2. The van der Waals surface area contributed by atoms with Crippen molar-refractivity contribution >= 4 is 39.3 Å². The van der Waals surface area contributed by atoms with Gasteiger partial charge in [-0.25, -0.2) is 0 Å². The lowest BCUT2D eigenvalue weighted by atomic mass is 9.91. The second-order valence-electron chi connectivity index (χ2n) is 3.93. The standard InChI is InChI=1S/C12H11BrClNO2/c1-2-6-5-7(13)3-4-8(6)9-10(14)12(17)15-11(9)16/h3-5,9-10H,2H2,1H3,(H,15,16,17). The molecule has 17 heavy (non-hydrogen) atoms. The Labute approximate surface area is 113 Å². The highest BCUT2D eigenvalue weighted by Crippen LogP contribution is 2.32. The average molecular weight is 317 g/mol. The van der Waals surface area contributed by atoms with Crippen molar-refractivity contribution in [3.63, 3.8) is 0 Å². The first kappa shape index (κ1) is 12.6. The second-order valence-corrected chi connectivity index (χ2v) is 5.32. The van der Waals surface area contributed by atoms with Gasteiger partial charge in [0.2, 0.25) is 11.8 Å². The lowest BCUT2D eigenvalue weighted by Crippen LogP contribution is -2.22. The van der Waals surface area contributed by atoms with E-state index in [-0.39, 0.29) is 5.91 Å². The molecule has 5 heteroatoms. The van der Waals surface area contributed by atoms with E-state index in [4.69, 9.17) is 11.6 Å². The van der Waals surface area contributed by atoms with Gasteiger partial charge in [0.05, 0.1) is 5.92 Å². The molecule has 2 amide bonds. The summed E-state index contributed by atoms with van der Waals surface area (Å²) in [6.07, 6.45) is 0.788. The molecular weight excluding hydrogens is 305 g/mol. The minimum Gasteiger partial charge on any atom is -0.295 e. The molecule has 0 aliphatic carbocycles. The van der Waals surface area contributed by atoms with Crippen LogP contribution >= 0.6 is 27.5 Å². The second kappa shape index (κ2) is 4.78. The third-order valence-electron chi connectivity index (χ3n) is 2.89. The zero-order valence-electron chi connectivity index (χ0n) is 9.17. The van der Waals surface area contributed by atoms with E-state index in [1.165, 1.54) is 0 Å². The van der Waals surface area contributed by atoms with Crippen LogP contribution in [0, 0.1) is 0 Å². The monoisotopic (exact) mass is 315 g/mol. The summed E-state index contributed by atoms with van der Waals surface area (Å²) in [6, 6.07) is 5.66. The summed E-state index contributed by atoms with van der Waals surface area (Å²) >= 11 is 9.37. The van der Waals surface area contributed by atoms with E-state index in [0.717, 1.165) is 22.0 Å². The van der Waals surface area contributed by atoms with E-state index in [1.54, 1.807) is 0 Å². The zero-order chi connectivity index (χ0) is 12.6. The maximum absolute atomic E-state index is 11.7. The van der Waals surface area contributed by atoms with Gasteiger partial charge in [-0.15, -0.1) is 11.6 Å². The van der Waals surface area contributed by atoms with E-state index in [2.05, 4.69) is 21.2 Å². The van der Waals surface area contributed by atoms with Crippen LogP contribution in [0.25, 0.3) is 0 Å². The Hall–Kier alpha value is -0.870. The van der Waals surface area contributed by atoms with Crippen molar-refractivity contribution in [2.45, 2.75) is 24.6 Å². The summed E-state index contributed by atoms with van der Waals surface area (Å²) < 4.78 is 0.953. The number of carbonyl (C=O) groups is 2. The fourth-order valence-electron chi connectivity index (χ4n) is 2.04. The minimum absolute atomic E-state index is 0.313. The lowest BCUT2D eigenvalue weighted by molar-refractivity contribution is -0.125. The quantitative estimate of drug-likeness (QED) is 0.672. The fourth-order valence-corrected chi connectivity index (χ4v) is 2.75. The molecule has 1 heterocycles. The molecule has 0 bridgehead atoms. The summed E-state index contributed by atoms with van der Waals surface area (Å²) in [4.78, 5) is 23.1. The third kappa shape index (κ3) is 2.24. The van der Waals surface area contributed by atoms with Gasteiger partial charge in [0.1, 0.15) is 5.38 Å². The number of aryl methyl sites for hydroxylation is 1. The molecule has 1 aliphatic rings. The fraction of sp³-hybridized carbons (Fsp3) is 0.333. The number of benzene rings is 1. The molecule has 1 saturated heterocycles. The smallest absolute Gasteiger partial charge is 0.245 e. The Balaban J connectivity index is 2.46. The summed E-state index contributed by atoms with van der Waals surface area (Å²) in [5.41, 5.74) is 1.86. The largest absolute Gasteiger partial charge is 0.295 e. The number of rotatable bonds is 2. The van der Waals surface area contributed by atoms with Gasteiger partial charge in [-0.05, 0) is 29.7 Å². The Bertz CT molecular complexity index is 489. The molecule has 1 aromatic carbocycles. The van der Waals surface area contributed by atoms with Crippen molar-refractivity contribution in [2.75, 3.05) is 0 Å². The molecule has 1 N–H and O–H groups in total. The van der Waals surface area contributed by atoms with Crippen molar-refractivity contribution in [1.82, 2.24) is 5.32 Å². The molecule has 0 spiro atoms. The topological polar surface area (TPSA) is 46.2 Å². The van der Waals surface area contributed by atoms with Crippen molar-refractivity contribution in [1.29, 1.82) is 0 Å². The summed E-state index contributed by atoms with van der Waals surface area (Å²) in [5, 5.41) is 1.45. The first-order valence-corrected chi connectivity index (χ1v) is 6.54. The molecule has 0 aromatic heterocycles. The molecule has 90 valence electrons. The molecule has 2 rings (SSSR count).